The first-order chi connectivity index (χ1) is 12.0. The molecule has 5 heteroatoms. The molecule has 3 N–H and O–H groups in total. The number of nitrogens with two attached hydrogens (primary N) is 1. The Morgan fingerprint density at radius 1 is 1.20 bits per heavy atom. The number of unbranched alkanes of at least 4 members (excludes halogenated alkanes) is 1. The van der Waals surface area contributed by atoms with E-state index in [0.717, 1.165) is 52.1 Å². The molecule has 1 aromatic rings. The number of anilines is 1. The molecule has 0 unspecified atom stereocenters. The molecule has 0 aliphatic carbocycles. The average molecular weight is 347 g/mol. The Morgan fingerprint density at radius 2 is 1.92 bits per heavy atom. The monoisotopic (exact) mass is 346 g/mol. The van der Waals surface area contributed by atoms with Crippen molar-refractivity contribution in [3.8, 4) is 0 Å². The fourth-order valence-electron chi connectivity index (χ4n) is 3.15. The highest BCUT2D eigenvalue weighted by Gasteiger charge is 2.18. The van der Waals surface area contributed by atoms with Gasteiger partial charge in [0, 0.05) is 38.4 Å². The summed E-state index contributed by atoms with van der Waals surface area (Å²) in [5.74, 6) is 0.159. The van der Waals surface area contributed by atoms with E-state index in [9.17, 15) is 4.79 Å². The number of benzene rings is 1. The summed E-state index contributed by atoms with van der Waals surface area (Å²) in [6, 6.07) is 8.35. The normalized spacial score (nSPS) is 16.9. The third kappa shape index (κ3) is 6.33. The van der Waals surface area contributed by atoms with E-state index in [0.29, 0.717) is 0 Å². The van der Waals surface area contributed by atoms with Crippen molar-refractivity contribution in [2.75, 3.05) is 44.2 Å². The number of piperazine rings is 1. The van der Waals surface area contributed by atoms with Crippen molar-refractivity contribution >= 4 is 11.6 Å². The van der Waals surface area contributed by atoms with Gasteiger partial charge >= 0.3 is 0 Å². The quantitative estimate of drug-likeness (QED) is 0.707. The highest BCUT2D eigenvalue weighted by Crippen LogP contribution is 2.17. The zero-order valence-corrected chi connectivity index (χ0v) is 16.0. The Kier molecular flexibility index (Phi) is 7.72. The Morgan fingerprint density at radius 3 is 2.56 bits per heavy atom. The molecule has 1 aromatic carbocycles. The summed E-state index contributed by atoms with van der Waals surface area (Å²) in [5.41, 5.74) is 8.49. The topological polar surface area (TPSA) is 61.6 Å². The summed E-state index contributed by atoms with van der Waals surface area (Å²) in [6.07, 6.45) is 2.12. The third-order valence-electron chi connectivity index (χ3n) is 4.96. The molecule has 0 bridgehead atoms. The van der Waals surface area contributed by atoms with Crippen molar-refractivity contribution in [3.05, 3.63) is 29.8 Å². The summed E-state index contributed by atoms with van der Waals surface area (Å²) in [6.45, 7) is 12.3. The van der Waals surface area contributed by atoms with Crippen molar-refractivity contribution in [1.29, 1.82) is 0 Å². The number of aryl methyl sites for hydroxylation is 1. The lowest BCUT2D eigenvalue weighted by Gasteiger charge is -2.36. The minimum atomic E-state index is -0.394. The van der Waals surface area contributed by atoms with Gasteiger partial charge in [-0.25, -0.2) is 0 Å². The summed E-state index contributed by atoms with van der Waals surface area (Å²) in [5, 5.41) is 2.94. The van der Waals surface area contributed by atoms with Gasteiger partial charge in [-0.05, 0) is 49.9 Å². The Bertz CT molecular complexity index is 538. The molecule has 0 aromatic heterocycles. The largest absolute Gasteiger partial charge is 0.369 e. The number of hydrogen-bond donors (Lipinski definition) is 2. The molecule has 1 aliphatic heterocycles. The lowest BCUT2D eigenvalue weighted by molar-refractivity contribution is -0.123. The maximum atomic E-state index is 11.8. The molecule has 0 radical (unpaired) electrons. The predicted octanol–water partition coefficient (Wildman–Crippen LogP) is 2.00. The van der Waals surface area contributed by atoms with E-state index in [1.54, 1.807) is 0 Å². The zero-order chi connectivity index (χ0) is 18.2. The first kappa shape index (κ1) is 19.7. The van der Waals surface area contributed by atoms with Crippen molar-refractivity contribution in [2.24, 2.45) is 11.7 Å². The second-order valence-corrected chi connectivity index (χ2v) is 7.44. The van der Waals surface area contributed by atoms with Crippen LogP contribution in [0.4, 0.5) is 5.69 Å². The molecule has 1 aliphatic rings. The van der Waals surface area contributed by atoms with Crippen LogP contribution >= 0.6 is 0 Å². The molecule has 1 fully saturated rings. The second kappa shape index (κ2) is 9.78. The molecule has 1 heterocycles. The molecule has 2 rings (SSSR count). The number of carbonyl (C=O) groups excluding carboxylic acids is 1. The maximum absolute atomic E-state index is 11.8. The Hall–Kier alpha value is -1.59. The van der Waals surface area contributed by atoms with Crippen LogP contribution in [0, 0.1) is 12.8 Å². The van der Waals surface area contributed by atoms with Crippen LogP contribution < -0.4 is 16.0 Å². The van der Waals surface area contributed by atoms with Crippen LogP contribution in [0.2, 0.25) is 0 Å². The van der Waals surface area contributed by atoms with Crippen LogP contribution in [-0.4, -0.2) is 56.1 Å². The van der Waals surface area contributed by atoms with Gasteiger partial charge in [-0.1, -0.05) is 26.0 Å². The van der Waals surface area contributed by atoms with E-state index in [-0.39, 0.29) is 11.8 Å². The van der Waals surface area contributed by atoms with Crippen LogP contribution in [-0.2, 0) is 4.79 Å². The van der Waals surface area contributed by atoms with Crippen LogP contribution in [0.25, 0.3) is 0 Å². The van der Waals surface area contributed by atoms with E-state index in [1.807, 2.05) is 13.8 Å². The van der Waals surface area contributed by atoms with Crippen molar-refractivity contribution in [3.63, 3.8) is 0 Å². The Balaban J connectivity index is 1.59. The number of nitrogens with one attached hydrogen (secondary N) is 1. The minimum absolute atomic E-state index is 0.0261. The van der Waals surface area contributed by atoms with Gasteiger partial charge < -0.3 is 16.0 Å². The minimum Gasteiger partial charge on any atom is -0.369 e. The van der Waals surface area contributed by atoms with E-state index in [2.05, 4.69) is 46.3 Å². The van der Waals surface area contributed by atoms with Gasteiger partial charge in [-0.15, -0.1) is 0 Å². The lowest BCUT2D eigenvalue weighted by Crippen LogP contribution is -2.47. The van der Waals surface area contributed by atoms with Crippen molar-refractivity contribution in [2.45, 2.75) is 39.7 Å². The summed E-state index contributed by atoms with van der Waals surface area (Å²) < 4.78 is 0. The van der Waals surface area contributed by atoms with Gasteiger partial charge in [0.2, 0.25) is 5.91 Å². The average Bonchev–Trinajstić information content (AvgIpc) is 2.61. The number of rotatable bonds is 8. The zero-order valence-electron chi connectivity index (χ0n) is 16.0. The molecule has 1 atom stereocenters. The second-order valence-electron chi connectivity index (χ2n) is 7.44. The summed E-state index contributed by atoms with van der Waals surface area (Å²) in [7, 11) is 0. The number of carbonyl (C=O) groups is 1. The molecule has 5 nitrogen and oxygen atoms in total. The molecular formula is C20H34N4O. The van der Waals surface area contributed by atoms with Crippen molar-refractivity contribution in [1.82, 2.24) is 10.2 Å². The highest BCUT2D eigenvalue weighted by atomic mass is 16.2. The molecule has 0 saturated carbocycles. The number of amides is 1. The van der Waals surface area contributed by atoms with E-state index in [4.69, 9.17) is 5.73 Å². The van der Waals surface area contributed by atoms with Crippen LogP contribution in [0.1, 0.15) is 32.3 Å². The maximum Gasteiger partial charge on any atom is 0.237 e. The third-order valence-corrected chi connectivity index (χ3v) is 4.96. The molecule has 1 saturated heterocycles. The SMILES string of the molecule is Cc1cccc(N2CCN(CCCCNC(=O)[C@@H](N)C(C)C)CC2)c1. The molecule has 140 valence electrons. The number of nitrogens with zero attached hydrogens (tertiary/aromatic N) is 2. The van der Waals surface area contributed by atoms with Crippen molar-refractivity contribution < 1.29 is 4.79 Å². The molecule has 25 heavy (non-hydrogen) atoms. The lowest BCUT2D eigenvalue weighted by atomic mass is 10.1. The fraction of sp³-hybridized carbons (Fsp3) is 0.650. The van der Waals surface area contributed by atoms with Gasteiger partial charge in [0.15, 0.2) is 0 Å². The molecule has 1 amide bonds. The van der Waals surface area contributed by atoms with Crippen LogP contribution in [0.3, 0.4) is 0 Å². The van der Waals surface area contributed by atoms with Crippen LogP contribution in [0.15, 0.2) is 24.3 Å². The van der Waals surface area contributed by atoms with Gasteiger partial charge in [-0.3, -0.25) is 9.69 Å². The van der Waals surface area contributed by atoms with Gasteiger partial charge in [0.25, 0.3) is 0 Å². The fourth-order valence-corrected chi connectivity index (χ4v) is 3.15. The smallest absolute Gasteiger partial charge is 0.237 e. The molecular weight excluding hydrogens is 312 g/mol. The van der Waals surface area contributed by atoms with Crippen LogP contribution in [0.5, 0.6) is 0 Å². The standard InChI is InChI=1S/C20H34N4O/c1-16(2)19(21)20(25)22-9-4-5-10-23-11-13-24(14-12-23)18-8-6-7-17(3)15-18/h6-8,15-16,19H,4-5,9-14,21H2,1-3H3,(H,22,25)/t19-/m0/s1. The predicted molar refractivity (Wildman–Crippen MR) is 105 cm³/mol. The molecule has 0 spiro atoms. The van der Waals surface area contributed by atoms with E-state index in [1.165, 1.54) is 11.3 Å². The van der Waals surface area contributed by atoms with Gasteiger partial charge in [0.05, 0.1) is 6.04 Å². The number of hydrogen-bond acceptors (Lipinski definition) is 4. The van der Waals surface area contributed by atoms with Gasteiger partial charge in [0.1, 0.15) is 0 Å². The highest BCUT2D eigenvalue weighted by molar-refractivity contribution is 5.81. The van der Waals surface area contributed by atoms with E-state index < -0.39 is 6.04 Å². The first-order valence-electron chi connectivity index (χ1n) is 9.54. The summed E-state index contributed by atoms with van der Waals surface area (Å²) in [4.78, 5) is 16.8. The summed E-state index contributed by atoms with van der Waals surface area (Å²) >= 11 is 0. The Labute approximate surface area is 152 Å². The van der Waals surface area contributed by atoms with Gasteiger partial charge in [-0.2, -0.15) is 0 Å². The first-order valence-corrected chi connectivity index (χ1v) is 9.54. The van der Waals surface area contributed by atoms with E-state index >= 15 is 0 Å².